The van der Waals surface area contributed by atoms with Crippen LogP contribution in [0.3, 0.4) is 0 Å². The van der Waals surface area contributed by atoms with Gasteiger partial charge in [0, 0.05) is 12.1 Å². The Kier molecular flexibility index (Phi) is 6.52. The highest BCUT2D eigenvalue weighted by Crippen LogP contribution is 2.21. The average molecular weight is 280 g/mol. The molecule has 0 radical (unpaired) electrons. The molecule has 6 heteroatoms. The minimum atomic E-state index is -0.443. The molecule has 0 aliphatic rings. The molecule has 0 aromatic heterocycles. The van der Waals surface area contributed by atoms with Crippen molar-refractivity contribution in [2.24, 2.45) is 5.73 Å². The fraction of sp³-hybridized carbons (Fsp3) is 0.429. The van der Waals surface area contributed by atoms with Gasteiger partial charge in [-0.2, -0.15) is 0 Å². The lowest BCUT2D eigenvalue weighted by atomic mass is 10.2. The third-order valence-electron chi connectivity index (χ3n) is 2.66. The number of rotatable bonds is 7. The van der Waals surface area contributed by atoms with E-state index < -0.39 is 5.97 Å². The lowest BCUT2D eigenvalue weighted by Crippen LogP contribution is -2.14. The Labute approximate surface area is 118 Å². The third-order valence-corrected chi connectivity index (χ3v) is 2.66. The van der Waals surface area contributed by atoms with E-state index >= 15 is 0 Å². The smallest absolute Gasteiger partial charge is 0.343 e. The number of nitrogens with one attached hydrogen (secondary N) is 1. The lowest BCUT2D eigenvalue weighted by Gasteiger charge is -2.10. The zero-order valence-corrected chi connectivity index (χ0v) is 11.8. The molecule has 1 rings (SSSR count). The summed E-state index contributed by atoms with van der Waals surface area (Å²) >= 11 is 0. The maximum Gasteiger partial charge on any atom is 0.343 e. The number of carbonyl (C=O) groups excluding carboxylic acids is 2. The first-order valence-electron chi connectivity index (χ1n) is 6.37. The zero-order valence-electron chi connectivity index (χ0n) is 11.8. The fourth-order valence-corrected chi connectivity index (χ4v) is 1.54. The molecule has 0 atom stereocenters. The standard InChI is InChI=1S/C14H20N2O4/c1-10-8-11(20-9-14(18)19-2)5-6-12(10)16-13(17)4-3-7-15/h5-6,8H,3-4,7,9,15H2,1-2H3,(H,16,17). The molecular weight excluding hydrogens is 260 g/mol. The van der Waals surface area contributed by atoms with Crippen LogP contribution in [0.15, 0.2) is 18.2 Å². The first-order chi connectivity index (χ1) is 9.56. The summed E-state index contributed by atoms with van der Waals surface area (Å²) in [6.45, 7) is 2.20. The highest BCUT2D eigenvalue weighted by molar-refractivity contribution is 5.91. The second-order valence-electron chi connectivity index (χ2n) is 4.28. The molecule has 0 aliphatic heterocycles. The summed E-state index contributed by atoms with van der Waals surface area (Å²) in [4.78, 5) is 22.6. The third kappa shape index (κ3) is 5.27. The van der Waals surface area contributed by atoms with Crippen molar-refractivity contribution < 1.29 is 19.1 Å². The van der Waals surface area contributed by atoms with Gasteiger partial charge in [-0.15, -0.1) is 0 Å². The molecule has 0 aliphatic carbocycles. The molecule has 0 bridgehead atoms. The highest BCUT2D eigenvalue weighted by atomic mass is 16.6. The van der Waals surface area contributed by atoms with Crippen LogP contribution in [0.4, 0.5) is 5.69 Å². The Balaban J connectivity index is 2.59. The van der Waals surface area contributed by atoms with Crippen molar-refractivity contribution in [2.45, 2.75) is 19.8 Å². The number of amides is 1. The average Bonchev–Trinajstić information content (AvgIpc) is 2.45. The number of carbonyl (C=O) groups is 2. The van der Waals surface area contributed by atoms with Crippen LogP contribution in [0.25, 0.3) is 0 Å². The van der Waals surface area contributed by atoms with Gasteiger partial charge < -0.3 is 20.5 Å². The van der Waals surface area contributed by atoms with E-state index in [1.54, 1.807) is 18.2 Å². The van der Waals surface area contributed by atoms with Gasteiger partial charge in [-0.05, 0) is 43.7 Å². The topological polar surface area (TPSA) is 90.6 Å². The van der Waals surface area contributed by atoms with Crippen molar-refractivity contribution in [3.05, 3.63) is 23.8 Å². The van der Waals surface area contributed by atoms with E-state index in [0.29, 0.717) is 25.1 Å². The van der Waals surface area contributed by atoms with Gasteiger partial charge in [-0.3, -0.25) is 4.79 Å². The Morgan fingerprint density at radius 2 is 2.10 bits per heavy atom. The van der Waals surface area contributed by atoms with Crippen molar-refractivity contribution in [3.63, 3.8) is 0 Å². The molecule has 1 aromatic rings. The fourth-order valence-electron chi connectivity index (χ4n) is 1.54. The minimum absolute atomic E-state index is 0.0678. The van der Waals surface area contributed by atoms with Crippen molar-refractivity contribution in [1.29, 1.82) is 0 Å². The second-order valence-corrected chi connectivity index (χ2v) is 4.28. The molecule has 6 nitrogen and oxygen atoms in total. The van der Waals surface area contributed by atoms with E-state index in [9.17, 15) is 9.59 Å². The molecular formula is C14H20N2O4. The monoisotopic (exact) mass is 280 g/mol. The summed E-state index contributed by atoms with van der Waals surface area (Å²) in [5.41, 5.74) is 6.93. The molecule has 20 heavy (non-hydrogen) atoms. The summed E-state index contributed by atoms with van der Waals surface area (Å²) in [6, 6.07) is 5.18. The second kappa shape index (κ2) is 8.16. The number of ether oxygens (including phenoxy) is 2. The van der Waals surface area contributed by atoms with Gasteiger partial charge >= 0.3 is 5.97 Å². The van der Waals surface area contributed by atoms with Crippen LogP contribution in [-0.4, -0.2) is 32.1 Å². The molecule has 3 N–H and O–H groups in total. The van der Waals surface area contributed by atoms with E-state index in [1.165, 1.54) is 7.11 Å². The summed E-state index contributed by atoms with van der Waals surface area (Å²) in [6.07, 6.45) is 1.06. The number of hydrogen-bond acceptors (Lipinski definition) is 5. The lowest BCUT2D eigenvalue weighted by molar-refractivity contribution is -0.142. The van der Waals surface area contributed by atoms with Crippen LogP contribution in [-0.2, 0) is 14.3 Å². The maximum absolute atomic E-state index is 11.6. The predicted molar refractivity (Wildman–Crippen MR) is 75.6 cm³/mol. The van der Waals surface area contributed by atoms with Crippen molar-refractivity contribution in [3.8, 4) is 5.75 Å². The number of nitrogens with two attached hydrogens (primary N) is 1. The van der Waals surface area contributed by atoms with Crippen LogP contribution in [0.2, 0.25) is 0 Å². The molecule has 1 amide bonds. The van der Waals surface area contributed by atoms with E-state index in [-0.39, 0.29) is 12.5 Å². The van der Waals surface area contributed by atoms with Gasteiger partial charge in [0.1, 0.15) is 5.75 Å². The van der Waals surface area contributed by atoms with E-state index in [1.807, 2.05) is 6.92 Å². The van der Waals surface area contributed by atoms with E-state index in [0.717, 1.165) is 11.3 Å². The normalized spacial score (nSPS) is 9.95. The molecule has 110 valence electrons. The molecule has 0 saturated carbocycles. The highest BCUT2D eigenvalue weighted by Gasteiger charge is 2.07. The maximum atomic E-state index is 11.6. The molecule has 0 unspecified atom stereocenters. The van der Waals surface area contributed by atoms with Gasteiger partial charge in [0.2, 0.25) is 5.91 Å². The summed E-state index contributed by atoms with van der Waals surface area (Å²) in [7, 11) is 1.30. The van der Waals surface area contributed by atoms with Gasteiger partial charge in [-0.25, -0.2) is 4.79 Å². The van der Waals surface area contributed by atoms with Crippen LogP contribution in [0, 0.1) is 6.92 Å². The summed E-state index contributed by atoms with van der Waals surface area (Å²) < 4.78 is 9.75. The number of benzene rings is 1. The zero-order chi connectivity index (χ0) is 15.0. The number of methoxy groups -OCH3 is 1. The summed E-state index contributed by atoms with van der Waals surface area (Å²) in [5.74, 6) is 0.0384. The number of esters is 1. The Morgan fingerprint density at radius 3 is 2.70 bits per heavy atom. The molecule has 0 saturated heterocycles. The number of anilines is 1. The van der Waals surface area contributed by atoms with Crippen molar-refractivity contribution in [2.75, 3.05) is 25.6 Å². The number of aryl methyl sites for hydroxylation is 1. The first kappa shape index (κ1) is 16.0. The Morgan fingerprint density at radius 1 is 1.35 bits per heavy atom. The largest absolute Gasteiger partial charge is 0.482 e. The summed E-state index contributed by atoms with van der Waals surface area (Å²) in [5, 5.41) is 2.81. The predicted octanol–water partition coefficient (Wildman–Crippen LogP) is 1.22. The van der Waals surface area contributed by atoms with Crippen LogP contribution < -0.4 is 15.8 Å². The van der Waals surface area contributed by atoms with Gasteiger partial charge in [-0.1, -0.05) is 0 Å². The van der Waals surface area contributed by atoms with Crippen molar-refractivity contribution in [1.82, 2.24) is 0 Å². The SMILES string of the molecule is COC(=O)COc1ccc(NC(=O)CCCN)c(C)c1. The molecule has 0 spiro atoms. The van der Waals surface area contributed by atoms with E-state index in [2.05, 4.69) is 10.1 Å². The first-order valence-corrected chi connectivity index (χ1v) is 6.37. The molecule has 0 fully saturated rings. The molecule has 1 aromatic carbocycles. The van der Waals surface area contributed by atoms with Crippen molar-refractivity contribution >= 4 is 17.6 Å². The van der Waals surface area contributed by atoms with Crippen LogP contribution in [0.1, 0.15) is 18.4 Å². The van der Waals surface area contributed by atoms with E-state index in [4.69, 9.17) is 10.5 Å². The molecule has 0 heterocycles. The Bertz CT molecular complexity index is 474. The quantitative estimate of drug-likeness (QED) is 0.733. The minimum Gasteiger partial charge on any atom is -0.482 e. The Hall–Kier alpha value is -2.08. The van der Waals surface area contributed by atoms with Gasteiger partial charge in [0.15, 0.2) is 6.61 Å². The number of hydrogen-bond donors (Lipinski definition) is 2. The van der Waals surface area contributed by atoms with Crippen LogP contribution >= 0.6 is 0 Å². The van der Waals surface area contributed by atoms with Gasteiger partial charge in [0.05, 0.1) is 7.11 Å². The van der Waals surface area contributed by atoms with Crippen LogP contribution in [0.5, 0.6) is 5.75 Å². The van der Waals surface area contributed by atoms with Gasteiger partial charge in [0.25, 0.3) is 0 Å².